The van der Waals surface area contributed by atoms with E-state index in [0.717, 1.165) is 49.8 Å². The zero-order valence-electron chi connectivity index (χ0n) is 20.7. The first-order valence-corrected chi connectivity index (χ1v) is 13.0. The molecule has 6 heteroatoms. The number of hydrogen-bond acceptors (Lipinski definition) is 3. The van der Waals surface area contributed by atoms with Gasteiger partial charge in [-0.05, 0) is 43.2 Å². The lowest BCUT2D eigenvalue weighted by Crippen LogP contribution is -2.51. The van der Waals surface area contributed by atoms with Crippen LogP contribution in [0.15, 0.2) is 60.7 Å². The van der Waals surface area contributed by atoms with Crippen LogP contribution in [0, 0.1) is 5.92 Å². The largest absolute Gasteiger partial charge is 0.353 e. The maximum Gasteiger partial charge on any atom is 0.230 e. The Morgan fingerprint density at radius 3 is 2.20 bits per heavy atom. The Hall–Kier alpha value is -3.15. The molecule has 0 spiro atoms. The Balaban J connectivity index is 1.25. The number of nitrogens with zero attached hydrogens (tertiary/aromatic N) is 2. The second-order valence-electron chi connectivity index (χ2n) is 9.82. The number of hydrogen-bond donors (Lipinski definition) is 1. The van der Waals surface area contributed by atoms with E-state index in [1.54, 1.807) is 0 Å². The summed E-state index contributed by atoms with van der Waals surface area (Å²) in [5.41, 5.74) is 2.07. The minimum atomic E-state index is -0.161. The van der Waals surface area contributed by atoms with Gasteiger partial charge in [0.2, 0.25) is 17.7 Å². The van der Waals surface area contributed by atoms with Crippen molar-refractivity contribution in [2.75, 3.05) is 26.2 Å². The first-order chi connectivity index (χ1) is 17.0. The lowest BCUT2D eigenvalue weighted by molar-refractivity contribution is -0.135. The maximum atomic E-state index is 13.1. The highest BCUT2D eigenvalue weighted by Crippen LogP contribution is 2.25. The summed E-state index contributed by atoms with van der Waals surface area (Å²) in [4.78, 5) is 42.7. The highest BCUT2D eigenvalue weighted by atomic mass is 16.2. The van der Waals surface area contributed by atoms with Crippen molar-refractivity contribution in [2.24, 2.45) is 5.92 Å². The van der Waals surface area contributed by atoms with Gasteiger partial charge in [-0.25, -0.2) is 0 Å². The third kappa shape index (κ3) is 6.50. The van der Waals surface area contributed by atoms with Crippen molar-refractivity contribution in [3.05, 3.63) is 71.8 Å². The lowest BCUT2D eigenvalue weighted by atomic mass is 9.93. The van der Waals surface area contributed by atoms with E-state index in [9.17, 15) is 14.4 Å². The van der Waals surface area contributed by atoms with Crippen LogP contribution in [0.1, 0.15) is 56.1 Å². The van der Waals surface area contributed by atoms with Crippen molar-refractivity contribution >= 4 is 17.7 Å². The summed E-state index contributed by atoms with van der Waals surface area (Å²) in [6, 6.07) is 19.8. The number of nitrogens with one attached hydrogen (secondary N) is 1. The number of amides is 3. The molecule has 2 unspecified atom stereocenters. The minimum Gasteiger partial charge on any atom is -0.353 e. The Labute approximate surface area is 208 Å². The fourth-order valence-electron chi connectivity index (χ4n) is 5.32. The molecule has 2 heterocycles. The quantitative estimate of drug-likeness (QED) is 0.663. The molecule has 0 radical (unpaired) electrons. The Kier molecular flexibility index (Phi) is 8.56. The van der Waals surface area contributed by atoms with Crippen LogP contribution in [-0.4, -0.2) is 59.7 Å². The summed E-state index contributed by atoms with van der Waals surface area (Å²) < 4.78 is 0. The van der Waals surface area contributed by atoms with E-state index in [-0.39, 0.29) is 35.6 Å². The molecule has 2 fully saturated rings. The van der Waals surface area contributed by atoms with Gasteiger partial charge in [0.05, 0.1) is 18.3 Å². The van der Waals surface area contributed by atoms with Crippen LogP contribution in [-0.2, 0) is 20.8 Å². The molecule has 0 saturated carbocycles. The summed E-state index contributed by atoms with van der Waals surface area (Å²) in [6.45, 7) is 4.60. The Bertz CT molecular complexity index is 987. The van der Waals surface area contributed by atoms with Crippen LogP contribution in [0.25, 0.3) is 0 Å². The topological polar surface area (TPSA) is 69.7 Å². The second-order valence-corrected chi connectivity index (χ2v) is 9.82. The molecule has 2 aromatic carbocycles. The SMILES string of the molecule is CCC(C(=O)N1CCC(NC(=O)C2CCCN(C(=O)Cc3ccccc3)C2)CC1)c1ccccc1. The first-order valence-electron chi connectivity index (χ1n) is 13.0. The number of benzene rings is 2. The number of rotatable bonds is 7. The van der Waals surface area contributed by atoms with Crippen molar-refractivity contribution < 1.29 is 14.4 Å². The van der Waals surface area contributed by atoms with E-state index in [4.69, 9.17) is 0 Å². The average molecular weight is 476 g/mol. The van der Waals surface area contributed by atoms with Crippen molar-refractivity contribution in [1.29, 1.82) is 0 Å². The van der Waals surface area contributed by atoms with Crippen LogP contribution >= 0.6 is 0 Å². The van der Waals surface area contributed by atoms with Crippen LogP contribution in [0.4, 0.5) is 0 Å². The van der Waals surface area contributed by atoms with E-state index in [1.807, 2.05) is 70.5 Å². The van der Waals surface area contributed by atoms with Gasteiger partial charge in [0.15, 0.2) is 0 Å². The number of carbonyl (C=O) groups is 3. The van der Waals surface area contributed by atoms with Gasteiger partial charge in [0.1, 0.15) is 0 Å². The molecule has 186 valence electrons. The zero-order valence-corrected chi connectivity index (χ0v) is 20.7. The van der Waals surface area contributed by atoms with Gasteiger partial charge in [-0.3, -0.25) is 14.4 Å². The predicted molar refractivity (Wildman–Crippen MR) is 137 cm³/mol. The van der Waals surface area contributed by atoms with Gasteiger partial charge < -0.3 is 15.1 Å². The highest BCUT2D eigenvalue weighted by molar-refractivity contribution is 5.84. The maximum absolute atomic E-state index is 13.1. The molecule has 6 nitrogen and oxygen atoms in total. The third-order valence-corrected chi connectivity index (χ3v) is 7.40. The van der Waals surface area contributed by atoms with E-state index in [2.05, 4.69) is 12.2 Å². The number of piperidine rings is 2. The fraction of sp³-hybridized carbons (Fsp3) is 0.483. The third-order valence-electron chi connectivity index (χ3n) is 7.40. The molecule has 0 aliphatic carbocycles. The summed E-state index contributed by atoms with van der Waals surface area (Å²) in [5.74, 6) is 0.0464. The zero-order chi connectivity index (χ0) is 24.6. The summed E-state index contributed by atoms with van der Waals surface area (Å²) in [6.07, 6.45) is 4.36. The van der Waals surface area contributed by atoms with Crippen LogP contribution in [0.3, 0.4) is 0 Å². The van der Waals surface area contributed by atoms with E-state index in [1.165, 1.54) is 0 Å². The Morgan fingerprint density at radius 1 is 0.886 bits per heavy atom. The van der Waals surface area contributed by atoms with Crippen LogP contribution in [0.5, 0.6) is 0 Å². The monoisotopic (exact) mass is 475 g/mol. The molecule has 1 N–H and O–H groups in total. The average Bonchev–Trinajstić information content (AvgIpc) is 2.91. The fourth-order valence-corrected chi connectivity index (χ4v) is 5.32. The molecule has 3 amide bonds. The van der Waals surface area contributed by atoms with Gasteiger partial charge >= 0.3 is 0 Å². The van der Waals surface area contributed by atoms with Gasteiger partial charge in [-0.1, -0.05) is 67.6 Å². The van der Waals surface area contributed by atoms with Gasteiger partial charge in [0.25, 0.3) is 0 Å². The van der Waals surface area contributed by atoms with E-state index >= 15 is 0 Å². The Morgan fingerprint density at radius 2 is 1.54 bits per heavy atom. The molecule has 35 heavy (non-hydrogen) atoms. The summed E-state index contributed by atoms with van der Waals surface area (Å²) in [7, 11) is 0. The van der Waals surface area contributed by atoms with Gasteiger partial charge in [-0.15, -0.1) is 0 Å². The predicted octanol–water partition coefficient (Wildman–Crippen LogP) is 3.77. The standard InChI is InChI=1S/C29H37N3O3/c1-2-26(23-12-7-4-8-13-23)29(35)31-18-15-25(16-19-31)30-28(34)24-14-9-17-32(21-24)27(33)20-22-10-5-3-6-11-22/h3-8,10-13,24-26H,2,9,14-21H2,1H3,(H,30,34). The summed E-state index contributed by atoms with van der Waals surface area (Å²) in [5, 5.41) is 3.22. The van der Waals surface area contributed by atoms with Crippen molar-refractivity contribution in [3.63, 3.8) is 0 Å². The van der Waals surface area contributed by atoms with Crippen molar-refractivity contribution in [1.82, 2.24) is 15.1 Å². The number of likely N-dealkylation sites (tertiary alicyclic amines) is 2. The van der Waals surface area contributed by atoms with E-state index in [0.29, 0.717) is 26.1 Å². The van der Waals surface area contributed by atoms with Crippen LogP contribution in [0.2, 0.25) is 0 Å². The van der Waals surface area contributed by atoms with Crippen LogP contribution < -0.4 is 5.32 Å². The molecule has 2 aromatic rings. The molecule has 2 aliphatic rings. The molecule has 2 atom stereocenters. The molecular formula is C29H37N3O3. The highest BCUT2D eigenvalue weighted by Gasteiger charge is 2.32. The summed E-state index contributed by atoms with van der Waals surface area (Å²) >= 11 is 0. The molecule has 0 aromatic heterocycles. The molecule has 0 bridgehead atoms. The molecular weight excluding hydrogens is 438 g/mol. The normalized spacial score (nSPS) is 19.7. The number of carbonyl (C=O) groups excluding carboxylic acids is 3. The van der Waals surface area contributed by atoms with Gasteiger partial charge in [-0.2, -0.15) is 0 Å². The minimum absolute atomic E-state index is 0.0442. The molecule has 2 saturated heterocycles. The van der Waals surface area contributed by atoms with E-state index < -0.39 is 0 Å². The van der Waals surface area contributed by atoms with Crippen molar-refractivity contribution in [3.8, 4) is 0 Å². The second kappa shape index (κ2) is 12.0. The molecule has 2 aliphatic heterocycles. The van der Waals surface area contributed by atoms with Crippen molar-refractivity contribution in [2.45, 2.75) is 57.4 Å². The lowest BCUT2D eigenvalue weighted by Gasteiger charge is -2.36. The van der Waals surface area contributed by atoms with Gasteiger partial charge in [0, 0.05) is 32.2 Å². The molecule has 4 rings (SSSR count). The first kappa shape index (κ1) is 25.0. The smallest absolute Gasteiger partial charge is 0.230 e.